The third kappa shape index (κ3) is 4.22. The first-order valence-electron chi connectivity index (χ1n) is 9.33. The van der Waals surface area contributed by atoms with Crippen LogP contribution in [-0.4, -0.2) is 37.7 Å². The van der Waals surface area contributed by atoms with Gasteiger partial charge in [-0.25, -0.2) is 9.99 Å². The van der Waals surface area contributed by atoms with Crippen molar-refractivity contribution in [3.05, 3.63) is 64.4 Å². The first kappa shape index (κ1) is 19.3. The van der Waals surface area contributed by atoms with Crippen LogP contribution in [-0.2, 0) is 9.59 Å². The van der Waals surface area contributed by atoms with Gasteiger partial charge in [0.05, 0.1) is 16.7 Å². The van der Waals surface area contributed by atoms with E-state index in [1.54, 1.807) is 0 Å². The zero-order valence-corrected chi connectivity index (χ0v) is 17.1. The fourth-order valence-electron chi connectivity index (χ4n) is 3.43. The number of hydrogen-bond donors (Lipinski definition) is 2. The maximum atomic E-state index is 12.8. The Morgan fingerprint density at radius 2 is 2.00 bits per heavy atom. The van der Waals surface area contributed by atoms with Crippen molar-refractivity contribution in [3.63, 3.8) is 0 Å². The number of nitrogens with one attached hydrogen (secondary N) is 1. The molecular formula is C21H19BrN4O3. The van der Waals surface area contributed by atoms with Gasteiger partial charge in [-0.2, -0.15) is 5.10 Å². The molecule has 0 bridgehead atoms. The molecule has 1 amide bonds. The predicted molar refractivity (Wildman–Crippen MR) is 112 cm³/mol. The van der Waals surface area contributed by atoms with E-state index < -0.39 is 5.97 Å². The van der Waals surface area contributed by atoms with Gasteiger partial charge in [-0.05, 0) is 36.2 Å². The molecule has 4 rings (SSSR count). The molecule has 0 saturated carbocycles. The van der Waals surface area contributed by atoms with Gasteiger partial charge < -0.3 is 10.1 Å². The summed E-state index contributed by atoms with van der Waals surface area (Å²) in [5, 5.41) is 14.9. The van der Waals surface area contributed by atoms with Gasteiger partial charge in [0.1, 0.15) is 11.9 Å². The van der Waals surface area contributed by atoms with E-state index >= 15 is 0 Å². The van der Waals surface area contributed by atoms with Gasteiger partial charge >= 0.3 is 5.97 Å². The van der Waals surface area contributed by atoms with Crippen molar-refractivity contribution in [3.8, 4) is 0 Å². The van der Waals surface area contributed by atoms with Gasteiger partial charge in [-0.1, -0.05) is 40.2 Å². The van der Waals surface area contributed by atoms with Crippen LogP contribution in [0.15, 0.2) is 58.1 Å². The van der Waals surface area contributed by atoms with Gasteiger partial charge in [-0.3, -0.25) is 9.59 Å². The summed E-state index contributed by atoms with van der Waals surface area (Å²) in [7, 11) is 0. The van der Waals surface area contributed by atoms with Crippen molar-refractivity contribution in [1.29, 1.82) is 0 Å². The average Bonchev–Trinajstić information content (AvgIpc) is 3.32. The van der Waals surface area contributed by atoms with Crippen LogP contribution in [0.4, 0.5) is 0 Å². The quantitative estimate of drug-likeness (QED) is 0.581. The molecule has 1 unspecified atom stereocenters. The molecule has 0 spiro atoms. The smallest absolute Gasteiger partial charge is 0.303 e. The normalized spacial score (nSPS) is 16.2. The van der Waals surface area contributed by atoms with E-state index in [0.717, 1.165) is 26.8 Å². The van der Waals surface area contributed by atoms with Crippen molar-refractivity contribution in [2.24, 2.45) is 5.10 Å². The number of hydrazone groups is 1. The lowest BCUT2D eigenvalue weighted by molar-refractivity contribution is -0.137. The number of aromatic nitrogens is 2. The van der Waals surface area contributed by atoms with Crippen LogP contribution in [0.25, 0.3) is 11.0 Å². The number of aliphatic carboxylic acids is 1. The number of nitrogens with zero attached hydrogens (tertiary/aromatic N) is 3. The van der Waals surface area contributed by atoms with Crippen LogP contribution in [0, 0.1) is 0 Å². The molecule has 0 saturated heterocycles. The number of aromatic amines is 1. The van der Waals surface area contributed by atoms with E-state index in [0.29, 0.717) is 12.2 Å². The van der Waals surface area contributed by atoms with E-state index in [1.165, 1.54) is 5.01 Å². The molecule has 0 radical (unpaired) electrons. The maximum Gasteiger partial charge on any atom is 0.303 e. The molecule has 1 aromatic heterocycles. The molecule has 7 nitrogen and oxygen atoms in total. The first-order chi connectivity index (χ1) is 14.0. The molecule has 148 valence electrons. The molecule has 1 atom stereocenters. The molecule has 1 aliphatic rings. The van der Waals surface area contributed by atoms with Crippen molar-refractivity contribution >= 4 is 44.6 Å². The average molecular weight is 455 g/mol. The van der Waals surface area contributed by atoms with Crippen LogP contribution in [0.3, 0.4) is 0 Å². The van der Waals surface area contributed by atoms with E-state index in [9.17, 15) is 9.59 Å². The van der Waals surface area contributed by atoms with E-state index in [4.69, 9.17) is 5.11 Å². The number of benzene rings is 2. The standard InChI is InChI=1S/C21H19BrN4O3/c22-14-6-3-5-13(11-14)17-12-18(21-23-15-7-1-2-8-16(15)24-21)26(25-17)19(27)9-4-10-20(28)29/h1-3,5-8,11,18H,4,9-10,12H2,(H,23,24)(H,28,29). The lowest BCUT2D eigenvalue weighted by Gasteiger charge is -2.19. The third-order valence-corrected chi connectivity index (χ3v) is 5.32. The summed E-state index contributed by atoms with van der Waals surface area (Å²) in [6.45, 7) is 0. The van der Waals surface area contributed by atoms with Gasteiger partial charge in [0.25, 0.3) is 0 Å². The maximum absolute atomic E-state index is 12.8. The van der Waals surface area contributed by atoms with Gasteiger partial charge in [0.2, 0.25) is 5.91 Å². The highest BCUT2D eigenvalue weighted by Gasteiger charge is 2.35. The number of para-hydroxylation sites is 2. The lowest BCUT2D eigenvalue weighted by atomic mass is 10.0. The van der Waals surface area contributed by atoms with Crippen LogP contribution in [0.2, 0.25) is 0 Å². The fraction of sp³-hybridized carbons (Fsp3) is 0.238. The first-order valence-corrected chi connectivity index (χ1v) is 10.1. The minimum atomic E-state index is -0.911. The van der Waals surface area contributed by atoms with Gasteiger partial charge in [0.15, 0.2) is 0 Å². The Hall–Kier alpha value is -3.00. The second-order valence-corrected chi connectivity index (χ2v) is 7.82. The molecule has 29 heavy (non-hydrogen) atoms. The summed E-state index contributed by atoms with van der Waals surface area (Å²) < 4.78 is 0.934. The SMILES string of the molecule is O=C(O)CCCC(=O)N1N=C(c2cccc(Br)c2)CC1c1nc2ccccc2[nH]1. The molecule has 2 N–H and O–H groups in total. The number of imidazole rings is 1. The fourth-order valence-corrected chi connectivity index (χ4v) is 3.83. The Bertz CT molecular complexity index is 1080. The van der Waals surface area contributed by atoms with Crippen molar-refractivity contribution < 1.29 is 14.7 Å². The Balaban J connectivity index is 1.64. The Kier molecular flexibility index (Phi) is 5.44. The summed E-state index contributed by atoms with van der Waals surface area (Å²) in [6.07, 6.45) is 0.885. The second kappa shape index (κ2) is 8.16. The summed E-state index contributed by atoms with van der Waals surface area (Å²) in [5.41, 5.74) is 3.46. The highest BCUT2D eigenvalue weighted by Crippen LogP contribution is 2.33. The zero-order valence-electron chi connectivity index (χ0n) is 15.5. The van der Waals surface area contributed by atoms with Crippen LogP contribution < -0.4 is 0 Å². The van der Waals surface area contributed by atoms with Gasteiger partial charge in [0, 0.05) is 23.7 Å². The minimum Gasteiger partial charge on any atom is -0.481 e. The number of rotatable bonds is 6. The molecule has 3 aromatic rings. The van der Waals surface area contributed by atoms with Crippen molar-refractivity contribution in [2.75, 3.05) is 0 Å². The molecule has 2 heterocycles. The highest BCUT2D eigenvalue weighted by molar-refractivity contribution is 9.10. The minimum absolute atomic E-state index is 0.0446. The Labute approximate surface area is 175 Å². The second-order valence-electron chi connectivity index (χ2n) is 6.90. The topological polar surface area (TPSA) is 98.7 Å². The number of fused-ring (bicyclic) bond motifs is 1. The van der Waals surface area contributed by atoms with E-state index in [2.05, 4.69) is 31.0 Å². The molecule has 8 heteroatoms. The Morgan fingerprint density at radius 3 is 2.76 bits per heavy atom. The summed E-state index contributed by atoms with van der Waals surface area (Å²) in [6, 6.07) is 15.1. The van der Waals surface area contributed by atoms with Gasteiger partial charge in [-0.15, -0.1) is 0 Å². The highest BCUT2D eigenvalue weighted by atomic mass is 79.9. The van der Waals surface area contributed by atoms with Crippen LogP contribution in [0.5, 0.6) is 0 Å². The Morgan fingerprint density at radius 1 is 1.17 bits per heavy atom. The molecule has 1 aliphatic heterocycles. The number of carboxylic acids is 1. The number of carboxylic acid groups (broad SMARTS) is 1. The summed E-state index contributed by atoms with van der Waals surface area (Å²) in [4.78, 5) is 31.6. The number of H-pyrrole nitrogens is 1. The van der Waals surface area contributed by atoms with Crippen LogP contribution in [0.1, 0.15) is 43.1 Å². The largest absolute Gasteiger partial charge is 0.481 e. The zero-order chi connectivity index (χ0) is 20.4. The van der Waals surface area contributed by atoms with Crippen molar-refractivity contribution in [1.82, 2.24) is 15.0 Å². The lowest BCUT2D eigenvalue weighted by Crippen LogP contribution is -2.27. The molecule has 2 aromatic carbocycles. The number of halogens is 1. The van der Waals surface area contributed by atoms with E-state index in [1.807, 2.05) is 48.5 Å². The molecule has 0 fully saturated rings. The summed E-state index contributed by atoms with van der Waals surface area (Å²) >= 11 is 3.47. The molecule has 0 aliphatic carbocycles. The number of carbonyl (C=O) groups is 2. The number of amides is 1. The molecular weight excluding hydrogens is 436 g/mol. The third-order valence-electron chi connectivity index (χ3n) is 4.83. The number of hydrogen-bond acceptors (Lipinski definition) is 4. The predicted octanol–water partition coefficient (Wildman–Crippen LogP) is 4.26. The monoisotopic (exact) mass is 454 g/mol. The van der Waals surface area contributed by atoms with Crippen LogP contribution >= 0.6 is 15.9 Å². The van der Waals surface area contributed by atoms with Crippen molar-refractivity contribution in [2.45, 2.75) is 31.7 Å². The number of carbonyl (C=O) groups excluding carboxylic acids is 1. The van der Waals surface area contributed by atoms with E-state index in [-0.39, 0.29) is 31.2 Å². The summed E-state index contributed by atoms with van der Waals surface area (Å²) in [5.74, 6) is -0.445.